The van der Waals surface area contributed by atoms with Crippen LogP contribution in [0.25, 0.3) is 0 Å². The van der Waals surface area contributed by atoms with Gasteiger partial charge in [0.15, 0.2) is 9.84 Å². The van der Waals surface area contributed by atoms with Crippen molar-refractivity contribution in [2.24, 2.45) is 5.92 Å². The summed E-state index contributed by atoms with van der Waals surface area (Å²) in [5.74, 6) is -0.594. The molecule has 1 aromatic rings. The van der Waals surface area contributed by atoms with Crippen molar-refractivity contribution in [1.29, 1.82) is 0 Å². The maximum Gasteiger partial charge on any atom is 0.253 e. The number of hydrogen-bond acceptors (Lipinski definition) is 4. The molecule has 25 heavy (non-hydrogen) atoms. The molecule has 0 spiro atoms. The van der Waals surface area contributed by atoms with Crippen LogP contribution in [-0.2, 0) is 14.6 Å². The molecule has 6 nitrogen and oxygen atoms in total. The maximum absolute atomic E-state index is 12.5. The molecule has 0 bridgehead atoms. The first kappa shape index (κ1) is 20.0. The standard InChI is InChI=1S/C16H20Cl2N2O4S/c1-2-3-14(21)20-15-12(6-11(17)7-13(15)18)16(22)19-8-10-4-5-25(23,24)9-10/h6-7,10H,2-5,8-9H2,1H3,(H,19,22)(H,20,21). The molecule has 1 heterocycles. The van der Waals surface area contributed by atoms with Gasteiger partial charge in [-0.3, -0.25) is 9.59 Å². The zero-order valence-electron chi connectivity index (χ0n) is 13.8. The van der Waals surface area contributed by atoms with E-state index in [4.69, 9.17) is 23.2 Å². The minimum absolute atomic E-state index is 0.0731. The van der Waals surface area contributed by atoms with Crippen molar-refractivity contribution in [2.45, 2.75) is 26.2 Å². The lowest BCUT2D eigenvalue weighted by atomic mass is 10.1. The van der Waals surface area contributed by atoms with E-state index in [-0.39, 0.29) is 51.2 Å². The van der Waals surface area contributed by atoms with E-state index in [1.165, 1.54) is 12.1 Å². The number of nitrogens with one attached hydrogen (secondary N) is 2. The highest BCUT2D eigenvalue weighted by molar-refractivity contribution is 7.91. The van der Waals surface area contributed by atoms with Crippen molar-refractivity contribution >= 4 is 50.5 Å². The molecule has 1 saturated heterocycles. The molecule has 1 aromatic carbocycles. The van der Waals surface area contributed by atoms with Crippen LogP contribution in [0.5, 0.6) is 0 Å². The van der Waals surface area contributed by atoms with Crippen LogP contribution in [0.1, 0.15) is 36.5 Å². The molecule has 0 radical (unpaired) electrons. The fraction of sp³-hybridized carbons (Fsp3) is 0.500. The minimum atomic E-state index is -3.00. The molecule has 1 aliphatic heterocycles. The summed E-state index contributed by atoms with van der Waals surface area (Å²) < 4.78 is 23.0. The van der Waals surface area contributed by atoms with Crippen molar-refractivity contribution in [3.8, 4) is 0 Å². The predicted octanol–water partition coefficient (Wildman–Crippen LogP) is 2.90. The van der Waals surface area contributed by atoms with Crippen molar-refractivity contribution in [1.82, 2.24) is 5.32 Å². The van der Waals surface area contributed by atoms with Crippen LogP contribution in [0.2, 0.25) is 10.0 Å². The van der Waals surface area contributed by atoms with E-state index < -0.39 is 15.7 Å². The van der Waals surface area contributed by atoms with Gasteiger partial charge in [-0.2, -0.15) is 0 Å². The van der Waals surface area contributed by atoms with Crippen LogP contribution in [0.3, 0.4) is 0 Å². The Morgan fingerprint density at radius 1 is 1.28 bits per heavy atom. The molecule has 1 fully saturated rings. The first-order valence-corrected chi connectivity index (χ1v) is 10.6. The molecule has 1 atom stereocenters. The molecule has 0 saturated carbocycles. The van der Waals surface area contributed by atoms with Crippen LogP contribution in [-0.4, -0.2) is 38.3 Å². The van der Waals surface area contributed by atoms with Crippen molar-refractivity contribution in [3.05, 3.63) is 27.7 Å². The number of hydrogen-bond donors (Lipinski definition) is 2. The molecule has 1 unspecified atom stereocenters. The number of amides is 2. The van der Waals surface area contributed by atoms with Crippen molar-refractivity contribution in [2.75, 3.05) is 23.4 Å². The maximum atomic E-state index is 12.5. The number of carbonyl (C=O) groups excluding carboxylic acids is 2. The van der Waals surface area contributed by atoms with Gasteiger partial charge >= 0.3 is 0 Å². The number of carbonyl (C=O) groups is 2. The average molecular weight is 407 g/mol. The first-order chi connectivity index (χ1) is 11.7. The van der Waals surface area contributed by atoms with E-state index >= 15 is 0 Å². The second kappa shape index (κ2) is 8.38. The molecule has 9 heteroatoms. The normalized spacial score (nSPS) is 18.8. The Bertz CT molecular complexity index is 781. The van der Waals surface area contributed by atoms with Crippen LogP contribution in [0.4, 0.5) is 5.69 Å². The van der Waals surface area contributed by atoms with Crippen LogP contribution in [0, 0.1) is 5.92 Å². The number of halogens is 2. The minimum Gasteiger partial charge on any atom is -0.352 e. The summed E-state index contributed by atoms with van der Waals surface area (Å²) in [4.78, 5) is 24.4. The lowest BCUT2D eigenvalue weighted by Gasteiger charge is -2.15. The largest absolute Gasteiger partial charge is 0.352 e. The van der Waals surface area contributed by atoms with Gasteiger partial charge < -0.3 is 10.6 Å². The summed E-state index contributed by atoms with van der Waals surface area (Å²) >= 11 is 12.1. The fourth-order valence-corrected chi connectivity index (χ4v) is 5.08. The van der Waals surface area contributed by atoms with Gasteiger partial charge in [0.1, 0.15) is 0 Å². The third kappa shape index (κ3) is 5.59. The van der Waals surface area contributed by atoms with E-state index in [1.54, 1.807) is 0 Å². The molecule has 0 aromatic heterocycles. The topological polar surface area (TPSA) is 92.3 Å². The second-order valence-electron chi connectivity index (χ2n) is 6.09. The number of anilines is 1. The van der Waals surface area contributed by atoms with Gasteiger partial charge in [-0.15, -0.1) is 0 Å². The molecular weight excluding hydrogens is 387 g/mol. The summed E-state index contributed by atoms with van der Waals surface area (Å²) in [6.45, 7) is 2.11. The van der Waals surface area contributed by atoms with Crippen molar-refractivity contribution in [3.63, 3.8) is 0 Å². The first-order valence-electron chi connectivity index (χ1n) is 7.99. The Hall–Kier alpha value is -1.31. The Labute approximate surface area is 157 Å². The number of benzene rings is 1. The zero-order chi connectivity index (χ0) is 18.6. The SMILES string of the molecule is CCCC(=O)Nc1c(Cl)cc(Cl)cc1C(=O)NCC1CCS(=O)(=O)C1. The Morgan fingerprint density at radius 2 is 2.00 bits per heavy atom. The van der Waals surface area contributed by atoms with E-state index in [0.29, 0.717) is 19.3 Å². The van der Waals surface area contributed by atoms with E-state index in [9.17, 15) is 18.0 Å². The van der Waals surface area contributed by atoms with Crippen LogP contribution >= 0.6 is 23.2 Å². The molecular formula is C16H20Cl2N2O4S. The van der Waals surface area contributed by atoms with E-state index in [1.807, 2.05) is 6.92 Å². The Kier molecular flexibility index (Phi) is 6.71. The number of rotatable bonds is 6. The van der Waals surface area contributed by atoms with Crippen molar-refractivity contribution < 1.29 is 18.0 Å². The lowest BCUT2D eigenvalue weighted by Crippen LogP contribution is -2.30. The summed E-state index contributed by atoms with van der Waals surface area (Å²) in [6, 6.07) is 2.88. The van der Waals surface area contributed by atoms with Gasteiger partial charge in [0.05, 0.1) is 27.8 Å². The van der Waals surface area contributed by atoms with Crippen LogP contribution in [0.15, 0.2) is 12.1 Å². The molecule has 2 N–H and O–H groups in total. The molecule has 138 valence electrons. The van der Waals surface area contributed by atoms with E-state index in [2.05, 4.69) is 10.6 Å². The zero-order valence-corrected chi connectivity index (χ0v) is 16.1. The summed E-state index contributed by atoms with van der Waals surface area (Å²) in [5.41, 5.74) is 0.365. The Balaban J connectivity index is 2.13. The molecule has 1 aliphatic rings. The highest BCUT2D eigenvalue weighted by atomic mass is 35.5. The van der Waals surface area contributed by atoms with Gasteiger partial charge in [-0.05, 0) is 30.9 Å². The summed E-state index contributed by atoms with van der Waals surface area (Å²) in [6.07, 6.45) is 1.49. The third-order valence-electron chi connectivity index (χ3n) is 3.92. The molecule has 0 aliphatic carbocycles. The predicted molar refractivity (Wildman–Crippen MR) is 99.1 cm³/mol. The van der Waals surface area contributed by atoms with Gasteiger partial charge in [0.2, 0.25) is 5.91 Å². The fourth-order valence-electron chi connectivity index (χ4n) is 2.67. The van der Waals surface area contributed by atoms with Crippen LogP contribution < -0.4 is 10.6 Å². The second-order valence-corrected chi connectivity index (χ2v) is 9.16. The van der Waals surface area contributed by atoms with Gasteiger partial charge in [-0.25, -0.2) is 8.42 Å². The highest BCUT2D eigenvalue weighted by Crippen LogP contribution is 2.30. The summed E-state index contributed by atoms with van der Waals surface area (Å²) in [7, 11) is -3.00. The van der Waals surface area contributed by atoms with Gasteiger partial charge in [0.25, 0.3) is 5.91 Å². The lowest BCUT2D eigenvalue weighted by molar-refractivity contribution is -0.116. The van der Waals surface area contributed by atoms with Gasteiger partial charge in [0, 0.05) is 18.0 Å². The molecule has 2 amide bonds. The third-order valence-corrected chi connectivity index (χ3v) is 6.27. The average Bonchev–Trinajstić information content (AvgIpc) is 2.87. The van der Waals surface area contributed by atoms with E-state index in [0.717, 1.165) is 0 Å². The smallest absolute Gasteiger partial charge is 0.253 e. The van der Waals surface area contributed by atoms with Gasteiger partial charge in [-0.1, -0.05) is 30.1 Å². The highest BCUT2D eigenvalue weighted by Gasteiger charge is 2.28. The summed E-state index contributed by atoms with van der Waals surface area (Å²) in [5, 5.41) is 5.79. The quantitative estimate of drug-likeness (QED) is 0.759. The molecule has 2 rings (SSSR count). The Morgan fingerprint density at radius 3 is 2.60 bits per heavy atom. The monoisotopic (exact) mass is 406 g/mol. The number of sulfone groups is 1.